The molecule has 1 amide bonds. The van der Waals surface area contributed by atoms with Crippen molar-refractivity contribution in [2.75, 3.05) is 4.90 Å². The first-order valence-electron chi connectivity index (χ1n) is 8.50. The van der Waals surface area contributed by atoms with Crippen LogP contribution in [0.25, 0.3) is 11.0 Å². The molecule has 1 aliphatic heterocycles. The molecule has 2 aromatic carbocycles. The van der Waals surface area contributed by atoms with Gasteiger partial charge in [0.15, 0.2) is 5.69 Å². The van der Waals surface area contributed by atoms with E-state index in [0.29, 0.717) is 5.69 Å². The van der Waals surface area contributed by atoms with E-state index in [2.05, 4.69) is 27.2 Å². The van der Waals surface area contributed by atoms with Gasteiger partial charge < -0.3 is 4.98 Å². The van der Waals surface area contributed by atoms with E-state index in [0.717, 1.165) is 33.5 Å². The largest absolute Gasteiger partial charge is 0.345 e. The maximum atomic E-state index is 13.2. The molecular weight excluding hydrogens is 326 g/mol. The molecule has 1 unspecified atom stereocenters. The zero-order chi connectivity index (χ0) is 17.8. The van der Waals surface area contributed by atoms with Gasteiger partial charge in [-0.1, -0.05) is 30.3 Å². The van der Waals surface area contributed by atoms with Crippen LogP contribution < -0.4 is 4.90 Å². The molecule has 26 heavy (non-hydrogen) atoms. The Labute approximate surface area is 150 Å². The number of H-pyrrole nitrogens is 1. The molecule has 0 radical (unpaired) electrons. The van der Waals surface area contributed by atoms with Crippen molar-refractivity contribution in [2.24, 2.45) is 7.05 Å². The second-order valence-corrected chi connectivity index (χ2v) is 6.56. The van der Waals surface area contributed by atoms with Gasteiger partial charge in [-0.2, -0.15) is 5.10 Å². The van der Waals surface area contributed by atoms with Crippen LogP contribution in [-0.4, -0.2) is 25.7 Å². The summed E-state index contributed by atoms with van der Waals surface area (Å²) in [6.45, 7) is 2.01. The first-order valence-corrected chi connectivity index (χ1v) is 8.50. The lowest BCUT2D eigenvalue weighted by molar-refractivity contribution is 0.0988. The van der Waals surface area contributed by atoms with E-state index in [1.165, 1.54) is 0 Å². The summed E-state index contributed by atoms with van der Waals surface area (Å²) >= 11 is 0. The Kier molecular flexibility index (Phi) is 3.03. The third-order valence-electron chi connectivity index (χ3n) is 5.13. The summed E-state index contributed by atoms with van der Waals surface area (Å²) in [7, 11) is 1.88. The third kappa shape index (κ3) is 1.95. The number of anilines is 1. The van der Waals surface area contributed by atoms with Crippen molar-refractivity contribution in [3.8, 4) is 0 Å². The predicted molar refractivity (Wildman–Crippen MR) is 99.1 cm³/mol. The van der Waals surface area contributed by atoms with Crippen molar-refractivity contribution in [1.29, 1.82) is 0 Å². The average molecular weight is 343 g/mol. The Hall–Kier alpha value is -3.41. The number of nitrogens with zero attached hydrogens (tertiary/aromatic N) is 4. The molecular formula is C20H17N5O. The zero-order valence-electron chi connectivity index (χ0n) is 14.5. The number of hydrogen-bond donors (Lipinski definition) is 1. The quantitative estimate of drug-likeness (QED) is 0.607. The van der Waals surface area contributed by atoms with Gasteiger partial charge in [0.25, 0.3) is 5.91 Å². The Balaban J connectivity index is 1.74. The van der Waals surface area contributed by atoms with Crippen molar-refractivity contribution >= 4 is 22.6 Å². The molecule has 0 aliphatic carbocycles. The number of imidazole rings is 1. The molecule has 0 spiro atoms. The van der Waals surface area contributed by atoms with Crippen LogP contribution in [-0.2, 0) is 7.05 Å². The minimum absolute atomic E-state index is 0.0728. The Morgan fingerprint density at radius 2 is 1.92 bits per heavy atom. The fourth-order valence-corrected chi connectivity index (χ4v) is 3.76. The first-order chi connectivity index (χ1) is 12.6. The fraction of sp³-hybridized carbons (Fsp3) is 0.150. The van der Waals surface area contributed by atoms with Crippen LogP contribution >= 0.6 is 0 Å². The maximum absolute atomic E-state index is 13.2. The summed E-state index contributed by atoms with van der Waals surface area (Å²) in [5.41, 5.74) is 6.21. The molecule has 6 nitrogen and oxygen atoms in total. The minimum atomic E-state index is -0.187. The average Bonchev–Trinajstić information content (AvgIpc) is 3.32. The smallest absolute Gasteiger partial charge is 0.280 e. The third-order valence-corrected chi connectivity index (χ3v) is 5.13. The summed E-state index contributed by atoms with van der Waals surface area (Å²) in [5, 5.41) is 4.48. The number of hydrogen-bond acceptors (Lipinski definition) is 3. The van der Waals surface area contributed by atoms with Gasteiger partial charge in [0.05, 0.1) is 23.4 Å². The van der Waals surface area contributed by atoms with E-state index in [1.54, 1.807) is 11.0 Å². The highest BCUT2D eigenvalue weighted by Gasteiger charge is 2.43. The lowest BCUT2D eigenvalue weighted by Gasteiger charge is -2.26. The molecule has 1 N–H and O–H groups in total. The molecule has 1 aliphatic rings. The number of rotatable bonds is 2. The van der Waals surface area contributed by atoms with Crippen molar-refractivity contribution in [1.82, 2.24) is 19.7 Å². The Morgan fingerprint density at radius 1 is 1.12 bits per heavy atom. The number of aromatic nitrogens is 4. The van der Waals surface area contributed by atoms with E-state index in [4.69, 9.17) is 0 Å². The highest BCUT2D eigenvalue weighted by Crippen LogP contribution is 2.43. The summed E-state index contributed by atoms with van der Waals surface area (Å²) in [6, 6.07) is 15.8. The molecule has 0 saturated heterocycles. The van der Waals surface area contributed by atoms with Gasteiger partial charge in [-0.15, -0.1) is 0 Å². The van der Waals surface area contributed by atoms with E-state index < -0.39 is 0 Å². The van der Waals surface area contributed by atoms with Gasteiger partial charge in [-0.25, -0.2) is 4.98 Å². The second kappa shape index (κ2) is 5.29. The topological polar surface area (TPSA) is 66.8 Å². The highest BCUT2D eigenvalue weighted by atomic mass is 16.2. The van der Waals surface area contributed by atoms with Gasteiger partial charge in [0.1, 0.15) is 0 Å². The summed E-state index contributed by atoms with van der Waals surface area (Å²) in [5.74, 6) is -0.0728. The van der Waals surface area contributed by atoms with Crippen LogP contribution in [0.1, 0.15) is 33.4 Å². The van der Waals surface area contributed by atoms with Gasteiger partial charge in [-0.05, 0) is 30.7 Å². The van der Waals surface area contributed by atoms with E-state index in [9.17, 15) is 4.79 Å². The molecule has 4 aromatic rings. The predicted octanol–water partition coefficient (Wildman–Crippen LogP) is 3.35. The number of aromatic amines is 1. The number of nitrogens with one attached hydrogen (secondary N) is 1. The van der Waals surface area contributed by atoms with Crippen molar-refractivity contribution < 1.29 is 4.79 Å². The standard InChI is InChI=1S/C20H17N5O/c1-12-17-18(23-24(12)2)20(26)25(19(17)13-6-4-3-5-7-13)14-8-9-15-16(10-14)22-11-21-15/h3-11,19H,1-2H3,(H,21,22). The monoisotopic (exact) mass is 343 g/mol. The molecule has 1 atom stereocenters. The van der Waals surface area contributed by atoms with E-state index in [-0.39, 0.29) is 11.9 Å². The van der Waals surface area contributed by atoms with Gasteiger partial charge in [0.2, 0.25) is 0 Å². The van der Waals surface area contributed by atoms with Crippen molar-refractivity contribution in [3.05, 3.63) is 77.4 Å². The molecule has 3 heterocycles. The van der Waals surface area contributed by atoms with Crippen LogP contribution in [0.15, 0.2) is 54.9 Å². The SMILES string of the molecule is Cc1c2c(nn1C)C(=O)N(c1ccc3nc[nH]c3c1)C2c1ccccc1. The van der Waals surface area contributed by atoms with Gasteiger partial charge in [-0.3, -0.25) is 14.4 Å². The van der Waals surface area contributed by atoms with Crippen LogP contribution in [0.3, 0.4) is 0 Å². The van der Waals surface area contributed by atoms with Crippen LogP contribution in [0.2, 0.25) is 0 Å². The number of carbonyl (C=O) groups is 1. The molecule has 5 rings (SSSR count). The zero-order valence-corrected chi connectivity index (χ0v) is 14.5. The van der Waals surface area contributed by atoms with E-state index in [1.807, 2.05) is 55.3 Å². The number of carbonyl (C=O) groups excluding carboxylic acids is 1. The van der Waals surface area contributed by atoms with Gasteiger partial charge in [0, 0.05) is 24.0 Å². The van der Waals surface area contributed by atoms with E-state index >= 15 is 0 Å². The molecule has 0 bridgehead atoms. The summed E-state index contributed by atoms with van der Waals surface area (Å²) in [6.07, 6.45) is 1.66. The normalized spacial score (nSPS) is 16.5. The molecule has 2 aromatic heterocycles. The lowest BCUT2D eigenvalue weighted by Crippen LogP contribution is -2.29. The van der Waals surface area contributed by atoms with Crippen LogP contribution in [0.5, 0.6) is 0 Å². The van der Waals surface area contributed by atoms with Crippen LogP contribution in [0.4, 0.5) is 5.69 Å². The Morgan fingerprint density at radius 3 is 2.73 bits per heavy atom. The Bertz CT molecular complexity index is 1140. The number of amides is 1. The summed E-state index contributed by atoms with van der Waals surface area (Å²) in [4.78, 5) is 22.5. The molecule has 6 heteroatoms. The van der Waals surface area contributed by atoms with Crippen molar-refractivity contribution in [2.45, 2.75) is 13.0 Å². The first kappa shape index (κ1) is 14.9. The van der Waals surface area contributed by atoms with Crippen LogP contribution in [0, 0.1) is 6.92 Å². The lowest BCUT2D eigenvalue weighted by atomic mass is 9.99. The van der Waals surface area contributed by atoms with Gasteiger partial charge >= 0.3 is 0 Å². The fourth-order valence-electron chi connectivity index (χ4n) is 3.76. The maximum Gasteiger partial charge on any atom is 0.280 e. The molecule has 128 valence electrons. The highest BCUT2D eigenvalue weighted by molar-refractivity contribution is 6.11. The summed E-state index contributed by atoms with van der Waals surface area (Å²) < 4.78 is 1.79. The number of fused-ring (bicyclic) bond motifs is 2. The number of benzene rings is 2. The second-order valence-electron chi connectivity index (χ2n) is 6.56. The van der Waals surface area contributed by atoms with Crippen molar-refractivity contribution in [3.63, 3.8) is 0 Å². The number of aryl methyl sites for hydroxylation is 1. The molecule has 0 fully saturated rings. The molecule has 0 saturated carbocycles. The minimum Gasteiger partial charge on any atom is -0.345 e.